The first-order chi connectivity index (χ1) is 13.3. The molecule has 0 saturated heterocycles. The van der Waals surface area contributed by atoms with Crippen molar-refractivity contribution in [3.63, 3.8) is 0 Å². The fourth-order valence-electron chi connectivity index (χ4n) is 2.37. The van der Waals surface area contributed by atoms with Gasteiger partial charge in [-0.1, -0.05) is 6.07 Å². The molecule has 0 radical (unpaired) electrons. The molecule has 3 aromatic rings. The number of nitro groups is 2. The highest BCUT2D eigenvalue weighted by molar-refractivity contribution is 5.90. The minimum absolute atomic E-state index is 0.0669. The number of tetrazole rings is 1. The largest absolute Gasteiger partial charge is 0.324 e. The van der Waals surface area contributed by atoms with E-state index < -0.39 is 15.8 Å². The molecule has 0 aliphatic heterocycles. The lowest BCUT2D eigenvalue weighted by Crippen LogP contribution is -2.20. The molecule has 1 N–H and O–H groups in total. The third-order valence-corrected chi connectivity index (χ3v) is 3.76. The number of nitrogens with zero attached hydrogens (tertiary/aromatic N) is 6. The van der Waals surface area contributed by atoms with Gasteiger partial charge in [-0.3, -0.25) is 25.0 Å². The number of benzene rings is 2. The summed E-state index contributed by atoms with van der Waals surface area (Å²) in [5, 5.41) is 35.8. The lowest BCUT2D eigenvalue weighted by molar-refractivity contribution is -0.385. The summed E-state index contributed by atoms with van der Waals surface area (Å²) in [5.41, 5.74) is 1.10. The number of rotatable bonds is 6. The first-order valence-electron chi connectivity index (χ1n) is 7.91. The van der Waals surface area contributed by atoms with Gasteiger partial charge in [-0.15, -0.1) is 10.2 Å². The van der Waals surface area contributed by atoms with Crippen LogP contribution in [-0.4, -0.2) is 36.0 Å². The fraction of sp³-hybridized carbons (Fsp3) is 0.125. The Morgan fingerprint density at radius 3 is 2.46 bits per heavy atom. The molecule has 1 heterocycles. The van der Waals surface area contributed by atoms with Crippen LogP contribution in [0, 0.1) is 27.2 Å². The van der Waals surface area contributed by atoms with E-state index >= 15 is 0 Å². The monoisotopic (exact) mass is 383 g/mol. The van der Waals surface area contributed by atoms with E-state index in [-0.39, 0.29) is 29.4 Å². The third-order valence-electron chi connectivity index (χ3n) is 3.76. The normalized spacial score (nSPS) is 10.5. The number of aryl methyl sites for hydroxylation is 1. The van der Waals surface area contributed by atoms with Crippen molar-refractivity contribution < 1.29 is 14.6 Å². The Kier molecular flexibility index (Phi) is 5.02. The molecule has 2 aromatic carbocycles. The molecule has 142 valence electrons. The van der Waals surface area contributed by atoms with Gasteiger partial charge in [-0.25, -0.2) is 0 Å². The molecule has 1 amide bonds. The van der Waals surface area contributed by atoms with E-state index in [1.807, 2.05) is 0 Å². The lowest BCUT2D eigenvalue weighted by atomic mass is 10.2. The molecule has 12 nitrogen and oxygen atoms in total. The number of nitro benzene ring substituents is 2. The van der Waals surface area contributed by atoms with Crippen LogP contribution in [0.5, 0.6) is 0 Å². The summed E-state index contributed by atoms with van der Waals surface area (Å²) in [5.74, 6) is -0.292. The molecule has 0 atom stereocenters. The van der Waals surface area contributed by atoms with Crippen LogP contribution >= 0.6 is 0 Å². The number of amides is 1. The van der Waals surface area contributed by atoms with E-state index in [0.717, 1.165) is 4.80 Å². The van der Waals surface area contributed by atoms with Gasteiger partial charge in [0.1, 0.15) is 6.54 Å². The third kappa shape index (κ3) is 4.12. The first-order valence-corrected chi connectivity index (χ1v) is 7.91. The summed E-state index contributed by atoms with van der Waals surface area (Å²) < 4.78 is 0. The van der Waals surface area contributed by atoms with Crippen molar-refractivity contribution >= 4 is 23.0 Å². The van der Waals surface area contributed by atoms with Crippen molar-refractivity contribution in [3.8, 4) is 11.4 Å². The van der Waals surface area contributed by atoms with Crippen LogP contribution in [0.2, 0.25) is 0 Å². The zero-order chi connectivity index (χ0) is 20.3. The second-order valence-electron chi connectivity index (χ2n) is 5.75. The molecule has 0 fully saturated rings. The van der Waals surface area contributed by atoms with E-state index in [1.54, 1.807) is 13.0 Å². The van der Waals surface area contributed by atoms with E-state index in [9.17, 15) is 25.0 Å². The number of carbonyl (C=O) groups is 1. The molecule has 12 heteroatoms. The smallest absolute Gasteiger partial charge is 0.274 e. The molecule has 3 rings (SSSR count). The van der Waals surface area contributed by atoms with Crippen molar-refractivity contribution in [1.29, 1.82) is 0 Å². The molecule has 0 saturated carbocycles. The summed E-state index contributed by atoms with van der Waals surface area (Å²) >= 11 is 0. The van der Waals surface area contributed by atoms with E-state index in [1.165, 1.54) is 36.4 Å². The topological polar surface area (TPSA) is 159 Å². The standard InChI is InChI=1S/C16H13N7O5/c1-10-2-5-12(8-14(10)23(27)28)17-15(24)9-21-19-16(18-20-21)11-3-6-13(7-4-11)22(25)26/h2-8H,9H2,1H3,(H,17,24). The number of anilines is 1. The molecule has 0 aliphatic rings. The second kappa shape index (κ2) is 7.57. The first kappa shape index (κ1) is 18.6. The van der Waals surface area contributed by atoms with Crippen molar-refractivity contribution in [3.05, 3.63) is 68.3 Å². The number of nitrogens with one attached hydrogen (secondary N) is 1. The maximum Gasteiger partial charge on any atom is 0.274 e. The number of hydrogen-bond acceptors (Lipinski definition) is 8. The van der Waals surface area contributed by atoms with Gasteiger partial charge in [0.05, 0.1) is 9.85 Å². The molecule has 0 spiro atoms. The molecular weight excluding hydrogens is 370 g/mol. The van der Waals surface area contributed by atoms with Crippen molar-refractivity contribution in [1.82, 2.24) is 20.2 Å². The fourth-order valence-corrected chi connectivity index (χ4v) is 2.37. The number of hydrogen-bond donors (Lipinski definition) is 1. The van der Waals surface area contributed by atoms with E-state index in [4.69, 9.17) is 0 Å². The minimum atomic E-state index is -0.527. The maximum atomic E-state index is 12.1. The van der Waals surface area contributed by atoms with Crippen LogP contribution in [0.1, 0.15) is 5.56 Å². The van der Waals surface area contributed by atoms with Gasteiger partial charge in [-0.2, -0.15) is 4.80 Å². The van der Waals surface area contributed by atoms with Gasteiger partial charge < -0.3 is 5.32 Å². The highest BCUT2D eigenvalue weighted by atomic mass is 16.6. The lowest BCUT2D eigenvalue weighted by Gasteiger charge is -2.05. The quantitative estimate of drug-likeness (QED) is 0.500. The summed E-state index contributed by atoms with van der Waals surface area (Å²) in [6.07, 6.45) is 0. The van der Waals surface area contributed by atoms with Gasteiger partial charge in [0.25, 0.3) is 11.4 Å². The maximum absolute atomic E-state index is 12.1. The highest BCUT2D eigenvalue weighted by Crippen LogP contribution is 2.22. The molecule has 28 heavy (non-hydrogen) atoms. The van der Waals surface area contributed by atoms with Gasteiger partial charge in [0.2, 0.25) is 11.7 Å². The van der Waals surface area contributed by atoms with Crippen LogP contribution in [0.25, 0.3) is 11.4 Å². The predicted octanol–water partition coefficient (Wildman–Crippen LogP) is 2.10. The zero-order valence-electron chi connectivity index (χ0n) is 14.5. The average molecular weight is 383 g/mol. The number of aromatic nitrogens is 4. The number of non-ortho nitro benzene ring substituents is 1. The second-order valence-corrected chi connectivity index (χ2v) is 5.75. The zero-order valence-corrected chi connectivity index (χ0v) is 14.5. The van der Waals surface area contributed by atoms with Crippen LogP contribution in [0.3, 0.4) is 0 Å². The van der Waals surface area contributed by atoms with Gasteiger partial charge in [0.15, 0.2) is 0 Å². The van der Waals surface area contributed by atoms with Crippen LogP contribution in [0.4, 0.5) is 17.1 Å². The van der Waals surface area contributed by atoms with Gasteiger partial charge in [-0.05, 0) is 30.3 Å². The van der Waals surface area contributed by atoms with E-state index in [0.29, 0.717) is 11.1 Å². The Bertz CT molecular complexity index is 1060. The predicted molar refractivity (Wildman–Crippen MR) is 96.4 cm³/mol. The van der Waals surface area contributed by atoms with Crippen molar-refractivity contribution in [2.45, 2.75) is 13.5 Å². The highest BCUT2D eigenvalue weighted by Gasteiger charge is 2.14. The average Bonchev–Trinajstić information content (AvgIpc) is 3.11. The van der Waals surface area contributed by atoms with E-state index in [2.05, 4.69) is 20.7 Å². The Morgan fingerprint density at radius 1 is 1.11 bits per heavy atom. The van der Waals surface area contributed by atoms with Gasteiger partial charge in [0, 0.05) is 35.0 Å². The number of carbonyl (C=O) groups excluding carboxylic acids is 1. The molecule has 0 bridgehead atoms. The molecule has 0 aliphatic carbocycles. The summed E-state index contributed by atoms with van der Waals surface area (Å²) in [6.45, 7) is 1.34. The molecule has 1 aromatic heterocycles. The van der Waals surface area contributed by atoms with Gasteiger partial charge >= 0.3 is 0 Å². The van der Waals surface area contributed by atoms with Crippen LogP contribution in [0.15, 0.2) is 42.5 Å². The van der Waals surface area contributed by atoms with Crippen LogP contribution < -0.4 is 5.32 Å². The summed E-state index contributed by atoms with van der Waals surface area (Å²) in [6, 6.07) is 9.94. The van der Waals surface area contributed by atoms with Crippen molar-refractivity contribution in [2.24, 2.45) is 0 Å². The Hall–Kier alpha value is -4.22. The Morgan fingerprint density at radius 2 is 1.82 bits per heavy atom. The SMILES string of the molecule is Cc1ccc(NC(=O)Cn2nnc(-c3ccc([N+](=O)[O-])cc3)n2)cc1[N+](=O)[O-]. The Labute approximate surface area is 157 Å². The molecular formula is C16H13N7O5. The Balaban J connectivity index is 1.68. The summed E-state index contributed by atoms with van der Waals surface area (Å²) in [4.78, 5) is 33.8. The summed E-state index contributed by atoms with van der Waals surface area (Å²) in [7, 11) is 0. The molecule has 0 unspecified atom stereocenters. The van der Waals surface area contributed by atoms with Crippen molar-refractivity contribution in [2.75, 3.05) is 5.32 Å². The van der Waals surface area contributed by atoms with Crippen LogP contribution in [-0.2, 0) is 11.3 Å². The minimum Gasteiger partial charge on any atom is -0.324 e.